The average Bonchev–Trinajstić information content (AvgIpc) is 3.89. The van der Waals surface area contributed by atoms with Crippen LogP contribution in [-0.2, 0) is 0 Å². The van der Waals surface area contributed by atoms with E-state index < -0.39 is 6.17 Å². The third-order valence-corrected chi connectivity index (χ3v) is 12.1. The summed E-state index contributed by atoms with van der Waals surface area (Å²) in [4.78, 5) is 10.2. The van der Waals surface area contributed by atoms with Gasteiger partial charge >= 0.3 is 0 Å². The summed E-state index contributed by atoms with van der Waals surface area (Å²) in [5.41, 5.74) is 13.8. The first-order valence-electron chi connectivity index (χ1n) is 21.1. The first kappa shape index (κ1) is 37.0. The lowest BCUT2D eigenvalue weighted by Crippen LogP contribution is -2.33. The van der Waals surface area contributed by atoms with Crippen molar-refractivity contribution in [2.75, 3.05) is 0 Å². The first-order chi connectivity index (χ1) is 30.6. The molecular formula is C57H42N4O. The van der Waals surface area contributed by atoms with E-state index in [1.807, 2.05) is 36.4 Å². The maximum atomic E-state index is 6.58. The minimum atomic E-state index is -0.443. The van der Waals surface area contributed by atoms with Crippen molar-refractivity contribution in [1.82, 2.24) is 9.88 Å². The Morgan fingerprint density at radius 3 is 2.15 bits per heavy atom. The van der Waals surface area contributed by atoms with E-state index in [9.17, 15) is 0 Å². The molecule has 0 saturated carbocycles. The van der Waals surface area contributed by atoms with E-state index in [1.54, 1.807) is 0 Å². The van der Waals surface area contributed by atoms with Gasteiger partial charge in [-0.05, 0) is 69.8 Å². The fraction of sp³-hybridized carbons (Fsp3) is 0.0526. The van der Waals surface area contributed by atoms with E-state index in [-0.39, 0.29) is 12.0 Å². The van der Waals surface area contributed by atoms with E-state index in [0.717, 1.165) is 50.3 Å². The second-order valence-electron chi connectivity index (χ2n) is 15.8. The Morgan fingerprint density at radius 2 is 1.32 bits per heavy atom. The predicted molar refractivity (Wildman–Crippen MR) is 257 cm³/mol. The topological polar surface area (TPSA) is 50.9 Å². The van der Waals surface area contributed by atoms with Crippen LogP contribution in [0.1, 0.15) is 34.3 Å². The predicted octanol–water partition coefficient (Wildman–Crippen LogP) is 13.4. The number of allylic oxidation sites excluding steroid dienone is 4. The molecule has 5 heteroatoms. The Balaban J connectivity index is 0.970. The largest absolute Gasteiger partial charge is 0.485 e. The molecule has 5 nitrogen and oxygen atoms in total. The zero-order chi connectivity index (χ0) is 41.6. The van der Waals surface area contributed by atoms with Crippen molar-refractivity contribution in [1.29, 1.82) is 0 Å². The summed E-state index contributed by atoms with van der Waals surface area (Å²) in [6.45, 7) is 8.85. The molecule has 8 aromatic rings. The summed E-state index contributed by atoms with van der Waals surface area (Å²) in [6.07, 6.45) is 12.0. The molecule has 1 aromatic heterocycles. The molecule has 1 N–H and O–H groups in total. The maximum Gasteiger partial charge on any atom is 0.159 e. The molecule has 0 bridgehead atoms. The molecule has 0 spiro atoms. The van der Waals surface area contributed by atoms with Crippen LogP contribution in [-0.4, -0.2) is 22.3 Å². The summed E-state index contributed by atoms with van der Waals surface area (Å²) in [5.74, 6) is 2.31. The van der Waals surface area contributed by atoms with Crippen LogP contribution in [0.2, 0.25) is 0 Å². The fourth-order valence-corrected chi connectivity index (χ4v) is 9.15. The smallest absolute Gasteiger partial charge is 0.159 e. The number of fused-ring (bicyclic) bond motifs is 6. The van der Waals surface area contributed by atoms with E-state index in [0.29, 0.717) is 17.2 Å². The van der Waals surface area contributed by atoms with Gasteiger partial charge in [-0.3, -0.25) is 0 Å². The standard InChI is InChI=1S/C57H42N4O/c1-3-38(34-37(2)55-58-56(40-20-8-5-9-21-40)60-57(59-55)50-29-17-28-49-48-27-13-15-31-53(48)62-54(49)50)41-22-16-23-43(35-41)61-51-30-14-12-26-46(51)47-33-32-42(36-52(47)61)45-25-11-10-24-44(45)39-18-6-4-7-19-39/h3-36,48,53,57H,1-2H2,(H,58,59,60)/b38-34+. The van der Waals surface area contributed by atoms with Crippen LogP contribution in [0.4, 0.5) is 0 Å². The van der Waals surface area contributed by atoms with Crippen molar-refractivity contribution >= 4 is 39.1 Å². The number of hydrogen-bond acceptors (Lipinski definition) is 4. The highest BCUT2D eigenvalue weighted by molar-refractivity contribution is 6.14. The van der Waals surface area contributed by atoms with Crippen LogP contribution in [0.5, 0.6) is 5.75 Å². The Bertz CT molecular complexity index is 3240. The highest BCUT2D eigenvalue weighted by Gasteiger charge is 2.36. The highest BCUT2D eigenvalue weighted by atomic mass is 16.5. The van der Waals surface area contributed by atoms with E-state index >= 15 is 0 Å². The van der Waals surface area contributed by atoms with Crippen molar-refractivity contribution in [3.63, 3.8) is 0 Å². The summed E-state index contributed by atoms with van der Waals surface area (Å²) < 4.78 is 8.96. The van der Waals surface area contributed by atoms with E-state index in [1.165, 1.54) is 33.0 Å². The van der Waals surface area contributed by atoms with Gasteiger partial charge in [-0.25, -0.2) is 9.98 Å². The second kappa shape index (κ2) is 15.5. The quantitative estimate of drug-likeness (QED) is 0.148. The molecule has 0 radical (unpaired) electrons. The Kier molecular flexibility index (Phi) is 9.28. The van der Waals surface area contributed by atoms with Gasteiger partial charge in [-0.15, -0.1) is 0 Å². The van der Waals surface area contributed by atoms with Crippen LogP contribution in [0.25, 0.3) is 55.3 Å². The third kappa shape index (κ3) is 6.52. The molecule has 2 aliphatic heterocycles. The molecule has 0 saturated heterocycles. The molecule has 7 aromatic carbocycles. The van der Waals surface area contributed by atoms with E-state index in [4.69, 9.17) is 14.7 Å². The molecule has 3 atom stereocenters. The van der Waals surface area contributed by atoms with Crippen LogP contribution in [0, 0.1) is 0 Å². The molecular weight excluding hydrogens is 757 g/mol. The number of aliphatic imine (C=N–C) groups is 2. The van der Waals surface area contributed by atoms with Crippen LogP contribution < -0.4 is 10.1 Å². The number of nitrogens with one attached hydrogen (secondary N) is 1. The monoisotopic (exact) mass is 798 g/mol. The minimum absolute atomic E-state index is 0.0322. The lowest BCUT2D eigenvalue weighted by atomic mass is 9.91. The van der Waals surface area contributed by atoms with Crippen LogP contribution in [0.3, 0.4) is 0 Å². The Labute approximate surface area is 361 Å². The minimum Gasteiger partial charge on any atom is -0.485 e. The zero-order valence-electron chi connectivity index (χ0n) is 34.0. The number of aromatic nitrogens is 1. The lowest BCUT2D eigenvalue weighted by molar-refractivity contribution is 0.265. The number of para-hydroxylation sites is 2. The molecule has 0 fully saturated rings. The van der Waals surface area contributed by atoms with Crippen LogP contribution in [0.15, 0.2) is 235 Å². The van der Waals surface area contributed by atoms with Crippen LogP contribution >= 0.6 is 0 Å². The summed E-state index contributed by atoms with van der Waals surface area (Å²) in [7, 11) is 0. The van der Waals surface area contributed by atoms with Gasteiger partial charge in [0.15, 0.2) is 12.0 Å². The average molecular weight is 799 g/mol. The molecule has 0 amide bonds. The Hall–Kier alpha value is -8.02. The van der Waals surface area contributed by atoms with Crippen molar-refractivity contribution in [2.45, 2.75) is 18.2 Å². The molecule has 3 heterocycles. The lowest BCUT2D eigenvalue weighted by Gasteiger charge is -2.25. The van der Waals surface area contributed by atoms with Crippen molar-refractivity contribution in [3.05, 3.63) is 247 Å². The molecule has 62 heavy (non-hydrogen) atoms. The molecule has 11 rings (SSSR count). The van der Waals surface area contributed by atoms with Crippen molar-refractivity contribution in [3.8, 4) is 33.7 Å². The molecule has 1 aliphatic carbocycles. The van der Waals surface area contributed by atoms with E-state index in [2.05, 4.69) is 193 Å². The zero-order valence-corrected chi connectivity index (χ0v) is 34.0. The first-order valence-corrected chi connectivity index (χ1v) is 21.1. The normalized spacial score (nSPS) is 17.7. The highest BCUT2D eigenvalue weighted by Crippen LogP contribution is 2.46. The fourth-order valence-electron chi connectivity index (χ4n) is 9.15. The number of hydrogen-bond donors (Lipinski definition) is 1. The molecule has 3 unspecified atom stereocenters. The Morgan fingerprint density at radius 1 is 0.629 bits per heavy atom. The molecule has 3 aliphatic rings. The van der Waals surface area contributed by atoms with Gasteiger partial charge in [0.2, 0.25) is 0 Å². The summed E-state index contributed by atoms with van der Waals surface area (Å²) in [5, 5.41) is 6.04. The van der Waals surface area contributed by atoms with Gasteiger partial charge < -0.3 is 14.6 Å². The number of rotatable bonds is 9. The van der Waals surface area contributed by atoms with Crippen molar-refractivity contribution < 1.29 is 4.74 Å². The number of ether oxygens (including phenoxy) is 1. The van der Waals surface area contributed by atoms with Gasteiger partial charge in [0.1, 0.15) is 17.7 Å². The number of amidine groups is 2. The van der Waals surface area contributed by atoms with Gasteiger partial charge in [0, 0.05) is 44.6 Å². The van der Waals surface area contributed by atoms with Gasteiger partial charge in [-0.1, -0.05) is 183 Å². The summed E-state index contributed by atoms with van der Waals surface area (Å²) >= 11 is 0. The number of benzene rings is 7. The maximum absolute atomic E-state index is 6.58. The number of nitrogens with zero attached hydrogens (tertiary/aromatic N) is 3. The SMILES string of the molecule is C=C/C(=C\C(=C)C1=NC(c2ccccc2)=NC(c2cccc3c2OC2C=CC=CC32)N1)c1cccc(-n2c3ccccc3c3ccc(-c4ccccc4-c4ccccc4)cc32)c1. The van der Waals surface area contributed by atoms with Crippen molar-refractivity contribution in [2.24, 2.45) is 9.98 Å². The van der Waals surface area contributed by atoms with Gasteiger partial charge in [0.05, 0.1) is 11.0 Å². The third-order valence-electron chi connectivity index (χ3n) is 12.1. The second-order valence-corrected chi connectivity index (χ2v) is 15.8. The molecule has 296 valence electrons. The van der Waals surface area contributed by atoms with Gasteiger partial charge in [-0.2, -0.15) is 0 Å². The summed E-state index contributed by atoms with van der Waals surface area (Å²) in [6, 6.07) is 59.9. The van der Waals surface area contributed by atoms with Gasteiger partial charge in [0.25, 0.3) is 0 Å².